The van der Waals surface area contributed by atoms with E-state index in [0.717, 1.165) is 42.7 Å². The number of hydrogen-bond acceptors (Lipinski definition) is 4. The second-order valence-corrected chi connectivity index (χ2v) is 8.81. The lowest BCUT2D eigenvalue weighted by Crippen LogP contribution is -2.48. The molecule has 0 saturated carbocycles. The molecular formula is C19H31N3O3S. The Bertz CT molecular complexity index is 703. The van der Waals surface area contributed by atoms with Gasteiger partial charge in [-0.1, -0.05) is 32.0 Å². The highest BCUT2D eigenvalue weighted by atomic mass is 32.2. The van der Waals surface area contributed by atoms with Crippen LogP contribution in [-0.2, 0) is 27.7 Å². The van der Waals surface area contributed by atoms with Crippen molar-refractivity contribution in [3.63, 3.8) is 0 Å². The number of para-hydroxylation sites is 1. The zero-order chi connectivity index (χ0) is 19.3. The third kappa shape index (κ3) is 4.98. The van der Waals surface area contributed by atoms with Crippen LogP contribution in [0.1, 0.15) is 31.4 Å². The van der Waals surface area contributed by atoms with Gasteiger partial charge in [0.25, 0.3) is 0 Å². The Labute approximate surface area is 157 Å². The number of aryl methyl sites for hydroxylation is 2. The highest BCUT2D eigenvalue weighted by Crippen LogP contribution is 2.29. The summed E-state index contributed by atoms with van der Waals surface area (Å²) < 4.78 is 26.4. The molecule has 1 amide bonds. The summed E-state index contributed by atoms with van der Waals surface area (Å²) in [5, 5.41) is 0. The number of rotatable bonds is 7. The van der Waals surface area contributed by atoms with Crippen molar-refractivity contribution in [1.82, 2.24) is 9.80 Å². The topological polar surface area (TPSA) is 60.9 Å². The first-order valence-corrected chi connectivity index (χ1v) is 11.2. The number of piperazine rings is 1. The van der Waals surface area contributed by atoms with E-state index in [9.17, 15) is 13.2 Å². The Morgan fingerprint density at radius 1 is 1.08 bits per heavy atom. The molecule has 1 aromatic rings. The van der Waals surface area contributed by atoms with Gasteiger partial charge in [-0.2, -0.15) is 0 Å². The fourth-order valence-corrected chi connectivity index (χ4v) is 4.38. The van der Waals surface area contributed by atoms with Crippen molar-refractivity contribution >= 4 is 21.6 Å². The summed E-state index contributed by atoms with van der Waals surface area (Å²) in [6.07, 6.45) is 2.93. The van der Waals surface area contributed by atoms with E-state index in [1.807, 2.05) is 44.0 Å². The number of anilines is 1. The number of likely N-dealkylation sites (N-methyl/N-ethyl adjacent to an activating group) is 1. The quantitative estimate of drug-likeness (QED) is 0.722. The lowest BCUT2D eigenvalue weighted by molar-refractivity contribution is -0.132. The Hall–Kier alpha value is -1.60. The molecule has 0 aliphatic carbocycles. The molecule has 1 aromatic carbocycles. The lowest BCUT2D eigenvalue weighted by Gasteiger charge is -2.33. The van der Waals surface area contributed by atoms with Crippen LogP contribution in [0.4, 0.5) is 5.69 Å². The van der Waals surface area contributed by atoms with Crippen LogP contribution in [0.15, 0.2) is 18.2 Å². The third-order valence-corrected chi connectivity index (χ3v) is 6.17. The minimum atomic E-state index is -3.46. The van der Waals surface area contributed by atoms with Crippen molar-refractivity contribution in [2.24, 2.45) is 0 Å². The van der Waals surface area contributed by atoms with Crippen LogP contribution < -0.4 is 4.31 Å². The van der Waals surface area contributed by atoms with Crippen molar-refractivity contribution in [3.8, 4) is 0 Å². The predicted octanol–water partition coefficient (Wildman–Crippen LogP) is 1.74. The van der Waals surface area contributed by atoms with Gasteiger partial charge in [0.2, 0.25) is 15.9 Å². The van der Waals surface area contributed by atoms with Gasteiger partial charge in [-0.15, -0.1) is 0 Å². The first-order valence-electron chi connectivity index (χ1n) is 9.32. The molecule has 146 valence electrons. The number of benzene rings is 1. The summed E-state index contributed by atoms with van der Waals surface area (Å²) in [5.74, 6) is 0.0266. The van der Waals surface area contributed by atoms with E-state index in [2.05, 4.69) is 4.90 Å². The number of hydrogen-bond donors (Lipinski definition) is 0. The summed E-state index contributed by atoms with van der Waals surface area (Å²) >= 11 is 0. The molecule has 1 aliphatic heterocycles. The molecule has 0 spiro atoms. The summed E-state index contributed by atoms with van der Waals surface area (Å²) in [6, 6.07) is 5.90. The van der Waals surface area contributed by atoms with Crippen LogP contribution in [0, 0.1) is 0 Å². The Morgan fingerprint density at radius 3 is 2.08 bits per heavy atom. The molecule has 1 fully saturated rings. The monoisotopic (exact) mass is 381 g/mol. The molecule has 0 atom stereocenters. The number of carbonyl (C=O) groups is 1. The molecule has 0 aromatic heterocycles. The van der Waals surface area contributed by atoms with Crippen LogP contribution in [0.5, 0.6) is 0 Å². The zero-order valence-electron chi connectivity index (χ0n) is 16.4. The van der Waals surface area contributed by atoms with Gasteiger partial charge >= 0.3 is 0 Å². The number of amides is 1. The SMILES string of the molecule is CCc1cccc(CC)c1N(CCC(=O)N1CCN(C)CC1)S(C)(=O)=O. The van der Waals surface area contributed by atoms with Crippen LogP contribution >= 0.6 is 0 Å². The maximum absolute atomic E-state index is 12.6. The zero-order valence-corrected chi connectivity index (χ0v) is 17.2. The van der Waals surface area contributed by atoms with Crippen molar-refractivity contribution in [2.45, 2.75) is 33.1 Å². The smallest absolute Gasteiger partial charge is 0.232 e. The first kappa shape index (κ1) is 20.7. The molecule has 6 nitrogen and oxygen atoms in total. The van der Waals surface area contributed by atoms with Gasteiger partial charge in [0.1, 0.15) is 0 Å². The molecule has 7 heteroatoms. The highest BCUT2D eigenvalue weighted by molar-refractivity contribution is 7.92. The van der Waals surface area contributed by atoms with E-state index in [1.165, 1.54) is 10.6 Å². The number of carbonyl (C=O) groups excluding carboxylic acids is 1. The first-order chi connectivity index (χ1) is 12.3. The largest absolute Gasteiger partial charge is 0.340 e. The lowest BCUT2D eigenvalue weighted by atomic mass is 10.0. The average Bonchev–Trinajstić information content (AvgIpc) is 2.61. The van der Waals surface area contributed by atoms with Crippen LogP contribution in [0.3, 0.4) is 0 Å². The number of sulfonamides is 1. The molecule has 0 unspecified atom stereocenters. The highest BCUT2D eigenvalue weighted by Gasteiger charge is 2.25. The van der Waals surface area contributed by atoms with Gasteiger partial charge in [-0.3, -0.25) is 9.10 Å². The van der Waals surface area contributed by atoms with Crippen LogP contribution in [-0.4, -0.2) is 70.2 Å². The summed E-state index contributed by atoms with van der Waals surface area (Å²) in [6.45, 7) is 7.37. The fraction of sp³-hybridized carbons (Fsp3) is 0.632. The summed E-state index contributed by atoms with van der Waals surface area (Å²) in [7, 11) is -1.42. The van der Waals surface area contributed by atoms with E-state index in [4.69, 9.17) is 0 Å². The minimum absolute atomic E-state index is 0.0266. The Morgan fingerprint density at radius 2 is 1.62 bits per heavy atom. The minimum Gasteiger partial charge on any atom is -0.340 e. The van der Waals surface area contributed by atoms with Gasteiger partial charge < -0.3 is 9.80 Å². The molecule has 0 radical (unpaired) electrons. The molecule has 2 rings (SSSR count). The standard InChI is InChI=1S/C19H31N3O3S/c1-5-16-8-7-9-17(6-2)19(16)22(26(4,24)25)11-10-18(23)21-14-12-20(3)13-15-21/h7-9H,5-6,10-15H2,1-4H3. The van der Waals surface area contributed by atoms with E-state index in [1.54, 1.807) is 0 Å². The second kappa shape index (κ2) is 8.86. The Balaban J connectivity index is 2.21. The van der Waals surface area contributed by atoms with E-state index in [-0.39, 0.29) is 18.9 Å². The second-order valence-electron chi connectivity index (χ2n) is 6.90. The molecule has 26 heavy (non-hydrogen) atoms. The maximum Gasteiger partial charge on any atom is 0.232 e. The van der Waals surface area contributed by atoms with Gasteiger partial charge in [0, 0.05) is 39.1 Å². The van der Waals surface area contributed by atoms with E-state index >= 15 is 0 Å². The molecule has 0 bridgehead atoms. The molecular weight excluding hydrogens is 350 g/mol. The molecule has 1 aliphatic rings. The van der Waals surface area contributed by atoms with Gasteiger partial charge in [-0.05, 0) is 31.0 Å². The third-order valence-electron chi connectivity index (χ3n) is 5.00. The van der Waals surface area contributed by atoms with Crippen molar-refractivity contribution in [1.29, 1.82) is 0 Å². The Kier molecular flexibility index (Phi) is 7.06. The summed E-state index contributed by atoms with van der Waals surface area (Å²) in [5.41, 5.74) is 2.76. The molecule has 1 heterocycles. The normalized spacial score (nSPS) is 15.9. The van der Waals surface area contributed by atoms with E-state index < -0.39 is 10.0 Å². The van der Waals surface area contributed by atoms with Gasteiger partial charge in [-0.25, -0.2) is 8.42 Å². The van der Waals surface area contributed by atoms with Crippen molar-refractivity contribution in [3.05, 3.63) is 29.3 Å². The van der Waals surface area contributed by atoms with Gasteiger partial charge in [0.15, 0.2) is 0 Å². The molecule has 1 saturated heterocycles. The van der Waals surface area contributed by atoms with Crippen LogP contribution in [0.2, 0.25) is 0 Å². The number of nitrogens with zero attached hydrogens (tertiary/aromatic N) is 3. The van der Waals surface area contributed by atoms with Crippen molar-refractivity contribution < 1.29 is 13.2 Å². The van der Waals surface area contributed by atoms with Gasteiger partial charge in [0.05, 0.1) is 11.9 Å². The molecule has 0 N–H and O–H groups in total. The summed E-state index contributed by atoms with van der Waals surface area (Å²) in [4.78, 5) is 16.6. The predicted molar refractivity (Wildman–Crippen MR) is 106 cm³/mol. The average molecular weight is 382 g/mol. The van der Waals surface area contributed by atoms with Crippen LogP contribution in [0.25, 0.3) is 0 Å². The maximum atomic E-state index is 12.6. The fourth-order valence-electron chi connectivity index (χ4n) is 3.39. The van der Waals surface area contributed by atoms with E-state index in [0.29, 0.717) is 13.1 Å². The van der Waals surface area contributed by atoms with Crippen molar-refractivity contribution in [2.75, 3.05) is 50.3 Å².